The Labute approximate surface area is 342 Å². The van der Waals surface area contributed by atoms with E-state index in [9.17, 15) is 14.7 Å². The van der Waals surface area contributed by atoms with Gasteiger partial charge in [0, 0.05) is 36.2 Å². The molecule has 4 saturated heterocycles. The van der Waals surface area contributed by atoms with Crippen molar-refractivity contribution in [3.05, 3.63) is 149 Å². The molecule has 4 aromatic rings. The van der Waals surface area contributed by atoms with Gasteiger partial charge in [-0.25, -0.2) is 0 Å². The highest BCUT2D eigenvalue weighted by atomic mass is 16.8. The molecule has 0 radical (unpaired) electrons. The molecule has 3 unspecified atom stereocenters. The topological polar surface area (TPSA) is 148 Å². The highest BCUT2D eigenvalue weighted by molar-refractivity contribution is 5.95. The first-order valence-corrected chi connectivity index (χ1v) is 20.6. The van der Waals surface area contributed by atoms with Crippen molar-refractivity contribution in [2.24, 2.45) is 11.3 Å². The van der Waals surface area contributed by atoms with Crippen LogP contribution in [0, 0.1) is 11.3 Å². The third-order valence-corrected chi connectivity index (χ3v) is 12.9. The third kappa shape index (κ3) is 6.77. The number of hydroxylamine groups is 2. The van der Waals surface area contributed by atoms with E-state index in [4.69, 9.17) is 23.8 Å². The number of nitrogens with zero attached hydrogens (tertiary/aromatic N) is 1. The van der Waals surface area contributed by atoms with E-state index >= 15 is 4.79 Å². The number of fused-ring (bicyclic) bond motifs is 5. The summed E-state index contributed by atoms with van der Waals surface area (Å²) in [5.74, 6) is -2.21. The van der Waals surface area contributed by atoms with Gasteiger partial charge in [0.15, 0.2) is 6.04 Å². The minimum atomic E-state index is -1.42. The molecule has 0 aromatic heterocycles. The molecule has 6 aliphatic rings. The van der Waals surface area contributed by atoms with Crippen LogP contribution in [0.5, 0.6) is 0 Å². The zero-order valence-corrected chi connectivity index (χ0v) is 32.5. The predicted molar refractivity (Wildman–Crippen MR) is 214 cm³/mol. The van der Waals surface area contributed by atoms with E-state index in [0.717, 1.165) is 41.5 Å². The van der Waals surface area contributed by atoms with Crippen molar-refractivity contribution in [2.75, 3.05) is 13.2 Å². The maximum atomic E-state index is 15.1. The van der Waals surface area contributed by atoms with Crippen LogP contribution in [-0.4, -0.2) is 83.8 Å². The van der Waals surface area contributed by atoms with Crippen molar-refractivity contribution in [3.8, 4) is 0 Å². The fraction of sp³-hybridized carbons (Fsp3) is 0.383. The molecule has 2 amide bonds. The van der Waals surface area contributed by atoms with Crippen molar-refractivity contribution >= 4 is 23.9 Å². The molecule has 4 aliphatic heterocycles. The molecular weight excluding hydrogens is 751 g/mol. The van der Waals surface area contributed by atoms with Crippen LogP contribution in [0.3, 0.4) is 0 Å². The van der Waals surface area contributed by atoms with Gasteiger partial charge < -0.3 is 34.7 Å². The Kier molecular flexibility index (Phi) is 9.94. The summed E-state index contributed by atoms with van der Waals surface area (Å²) >= 11 is 0. The van der Waals surface area contributed by atoms with Gasteiger partial charge >= 0.3 is 5.97 Å². The summed E-state index contributed by atoms with van der Waals surface area (Å²) in [7, 11) is 0. The molecule has 2 bridgehead atoms. The van der Waals surface area contributed by atoms with E-state index in [1.165, 1.54) is 0 Å². The molecule has 4 heterocycles. The number of hydrogen-bond donors (Lipinski definition) is 3. The van der Waals surface area contributed by atoms with E-state index in [0.29, 0.717) is 29.3 Å². The monoisotopic (exact) mass is 797 g/mol. The highest BCUT2D eigenvalue weighted by Crippen LogP contribution is 2.59. The summed E-state index contributed by atoms with van der Waals surface area (Å²) in [6, 6.07) is 33.2. The van der Waals surface area contributed by atoms with Gasteiger partial charge in [0.05, 0.1) is 25.4 Å². The van der Waals surface area contributed by atoms with Gasteiger partial charge in [-0.2, -0.15) is 5.06 Å². The number of aliphatic hydroxyl groups excluding tert-OH is 1. The number of hydrogen-bond acceptors (Lipinski definition) is 10. The van der Waals surface area contributed by atoms with Crippen LogP contribution in [-0.2, 0) is 52.3 Å². The number of rotatable bonds is 12. The molecule has 2 saturated carbocycles. The Morgan fingerprint density at radius 1 is 0.831 bits per heavy atom. The number of ether oxygens (including phenoxy) is 4. The van der Waals surface area contributed by atoms with Crippen LogP contribution in [0.2, 0.25) is 0 Å². The number of aliphatic hydroxyl groups is 1. The maximum absolute atomic E-state index is 15.1. The van der Waals surface area contributed by atoms with E-state index in [-0.39, 0.29) is 44.5 Å². The number of epoxide rings is 1. The van der Waals surface area contributed by atoms with Gasteiger partial charge in [0.1, 0.15) is 29.8 Å². The fourth-order valence-corrected chi connectivity index (χ4v) is 9.99. The SMILES string of the molecule is O=C(NCCO)c1cccc(CNC(=O)[C@@]23C[C@H]4OC(=O)[C@@H]2N(Cc2ccccc2C=CC2CCC5OC5C2)O[C@@H]3[C@H]2OC(c3ccccc3)(c3ccccc3)O[C@H]24)c1. The lowest BCUT2D eigenvalue weighted by atomic mass is 9.62. The molecule has 10 rings (SSSR count). The average molecular weight is 798 g/mol. The summed E-state index contributed by atoms with van der Waals surface area (Å²) < 4.78 is 26.2. The quantitative estimate of drug-likeness (QED) is 0.135. The number of esters is 1. The molecule has 12 heteroatoms. The maximum Gasteiger partial charge on any atom is 0.327 e. The van der Waals surface area contributed by atoms with Crippen LogP contribution < -0.4 is 10.6 Å². The number of carbonyl (C=O) groups is 3. The minimum absolute atomic E-state index is 0.0890. The van der Waals surface area contributed by atoms with E-state index in [2.05, 4.69) is 28.9 Å². The van der Waals surface area contributed by atoms with Crippen LogP contribution in [0.4, 0.5) is 0 Å². The summed E-state index contributed by atoms with van der Waals surface area (Å²) in [6.07, 6.45) is 5.26. The molecule has 4 aromatic carbocycles. The van der Waals surface area contributed by atoms with Gasteiger partial charge in [0.25, 0.3) is 5.91 Å². The summed E-state index contributed by atoms with van der Waals surface area (Å²) in [5, 5.41) is 16.6. The summed E-state index contributed by atoms with van der Waals surface area (Å²) in [6.45, 7) is 0.245. The first-order chi connectivity index (χ1) is 28.9. The first kappa shape index (κ1) is 38.0. The smallest absolute Gasteiger partial charge is 0.327 e. The average Bonchev–Trinajstić information content (AvgIpc) is 3.79. The van der Waals surface area contributed by atoms with Crippen molar-refractivity contribution in [1.82, 2.24) is 15.7 Å². The molecule has 2 aliphatic carbocycles. The Balaban J connectivity index is 0.998. The number of benzene rings is 4. The normalized spacial score (nSPS) is 31.2. The second kappa shape index (κ2) is 15.4. The van der Waals surface area contributed by atoms with Crippen LogP contribution in [0.25, 0.3) is 6.08 Å². The standard InChI is InChI=1S/C47H47N3O9/c51-23-22-48-43(52)32-13-9-10-30(24-32)27-49-45(54)46-26-38-39-40(58-47(57-39,34-14-3-1-4-15-34)35-16-5-2-6-17-35)42(46)59-50(41(46)44(53)56-38)28-33-12-8-7-11-31(33)20-18-29-19-21-36-37(25-29)55-36/h1-18,20,24,29,36-42,51H,19,21-23,25-28H2,(H,48,52)(H,49,54)/t29?,36?,37?,38-,39+,40+,41+,42-,46+/m1/s1. The van der Waals surface area contributed by atoms with E-state index < -0.39 is 47.6 Å². The zero-order valence-electron chi connectivity index (χ0n) is 32.5. The van der Waals surface area contributed by atoms with Crippen molar-refractivity contribution in [1.29, 1.82) is 0 Å². The second-order valence-electron chi connectivity index (χ2n) is 16.4. The Hall–Kier alpha value is -5.21. The summed E-state index contributed by atoms with van der Waals surface area (Å²) in [4.78, 5) is 49.2. The van der Waals surface area contributed by atoms with E-state index in [1.54, 1.807) is 23.3 Å². The lowest BCUT2D eigenvalue weighted by Crippen LogP contribution is -2.69. The third-order valence-electron chi connectivity index (χ3n) is 12.9. The van der Waals surface area contributed by atoms with Crippen LogP contribution in [0.15, 0.2) is 115 Å². The van der Waals surface area contributed by atoms with Crippen LogP contribution in [0.1, 0.15) is 63.9 Å². The van der Waals surface area contributed by atoms with Gasteiger partial charge in [-0.1, -0.05) is 109 Å². The van der Waals surface area contributed by atoms with Crippen molar-refractivity contribution in [2.45, 2.75) is 87.2 Å². The molecule has 3 N–H and O–H groups in total. The molecule has 6 fully saturated rings. The predicted octanol–water partition coefficient (Wildman–Crippen LogP) is 4.79. The number of carbonyl (C=O) groups excluding carboxylic acids is 3. The highest BCUT2D eigenvalue weighted by Gasteiger charge is 2.76. The van der Waals surface area contributed by atoms with Crippen molar-refractivity contribution < 1.29 is 43.3 Å². The molecule has 59 heavy (non-hydrogen) atoms. The molecular formula is C47H47N3O9. The van der Waals surface area contributed by atoms with Gasteiger partial charge in [-0.05, 0) is 54.0 Å². The van der Waals surface area contributed by atoms with Crippen LogP contribution >= 0.6 is 0 Å². The molecule has 9 atom stereocenters. The Bertz CT molecular complexity index is 2210. The minimum Gasteiger partial charge on any atom is -0.458 e. The molecule has 0 spiro atoms. The number of amides is 2. The van der Waals surface area contributed by atoms with Crippen molar-refractivity contribution in [3.63, 3.8) is 0 Å². The Morgan fingerprint density at radius 2 is 1.58 bits per heavy atom. The first-order valence-electron chi connectivity index (χ1n) is 20.6. The lowest BCUT2D eigenvalue weighted by Gasteiger charge is -2.48. The van der Waals surface area contributed by atoms with E-state index in [1.807, 2.05) is 84.9 Å². The molecule has 12 nitrogen and oxygen atoms in total. The summed E-state index contributed by atoms with van der Waals surface area (Å²) in [5.41, 5.74) is 3.12. The Morgan fingerprint density at radius 3 is 2.34 bits per heavy atom. The fourth-order valence-electron chi connectivity index (χ4n) is 9.99. The number of allylic oxidation sites excluding steroid dienone is 1. The zero-order chi connectivity index (χ0) is 40.1. The molecule has 304 valence electrons. The van der Waals surface area contributed by atoms with Gasteiger partial charge in [0.2, 0.25) is 11.7 Å². The van der Waals surface area contributed by atoms with Gasteiger partial charge in [-0.15, -0.1) is 0 Å². The van der Waals surface area contributed by atoms with Gasteiger partial charge in [-0.3, -0.25) is 19.2 Å². The largest absolute Gasteiger partial charge is 0.458 e. The lowest BCUT2D eigenvalue weighted by molar-refractivity contribution is -0.213. The number of nitrogens with one attached hydrogen (secondary N) is 2. The second-order valence-corrected chi connectivity index (χ2v) is 16.4.